The molecule has 0 aliphatic heterocycles. The van der Waals surface area contributed by atoms with Crippen LogP contribution in [0.5, 0.6) is 0 Å². The lowest BCUT2D eigenvalue weighted by Crippen LogP contribution is -2.11. The van der Waals surface area contributed by atoms with E-state index in [1.165, 1.54) is 0 Å². The summed E-state index contributed by atoms with van der Waals surface area (Å²) in [7, 11) is 0. The molecule has 1 unspecified atom stereocenters. The van der Waals surface area contributed by atoms with Gasteiger partial charge in [0, 0.05) is 23.2 Å². The molecule has 0 saturated carbocycles. The highest BCUT2D eigenvalue weighted by atomic mass is 32.1. The summed E-state index contributed by atoms with van der Waals surface area (Å²) in [5, 5.41) is 9.49. The van der Waals surface area contributed by atoms with Gasteiger partial charge in [0.05, 0.1) is 16.7 Å². The van der Waals surface area contributed by atoms with Crippen molar-refractivity contribution in [1.82, 2.24) is 4.98 Å². The molecule has 0 radical (unpaired) electrons. The molecule has 1 aromatic carbocycles. The van der Waals surface area contributed by atoms with Crippen molar-refractivity contribution in [3.05, 3.63) is 39.8 Å². The van der Waals surface area contributed by atoms with E-state index in [0.29, 0.717) is 6.42 Å². The average molecular weight is 303 g/mol. The normalized spacial score (nSPS) is 12.0. The summed E-state index contributed by atoms with van der Waals surface area (Å²) in [6.45, 7) is 7.99. The van der Waals surface area contributed by atoms with Gasteiger partial charge in [-0.1, -0.05) is 13.0 Å². The van der Waals surface area contributed by atoms with Gasteiger partial charge in [0.1, 0.15) is 0 Å². The fourth-order valence-corrected chi connectivity index (χ4v) is 2.70. The Morgan fingerprint density at radius 1 is 1.38 bits per heavy atom. The molecular weight excluding hydrogens is 282 g/mol. The van der Waals surface area contributed by atoms with Crippen LogP contribution in [0.15, 0.2) is 23.6 Å². The summed E-state index contributed by atoms with van der Waals surface area (Å²) in [4.78, 5) is 16.0. The lowest BCUT2D eigenvalue weighted by Gasteiger charge is -2.16. The van der Waals surface area contributed by atoms with Crippen molar-refractivity contribution in [1.29, 1.82) is 0 Å². The van der Waals surface area contributed by atoms with E-state index in [1.807, 2.05) is 39.0 Å². The minimum absolute atomic E-state index is 0.0213. The van der Waals surface area contributed by atoms with Crippen LogP contribution in [0, 0.1) is 13.8 Å². The number of carbonyl (C=O) groups excluding carboxylic acids is 1. The summed E-state index contributed by atoms with van der Waals surface area (Å²) >= 11 is 1.65. The van der Waals surface area contributed by atoms with Crippen LogP contribution in [0.1, 0.15) is 42.6 Å². The van der Waals surface area contributed by atoms with Gasteiger partial charge < -0.3 is 10.6 Å². The molecule has 1 amide bonds. The number of hydrogen-bond donors (Lipinski definition) is 2. The topological polar surface area (TPSA) is 54.0 Å². The number of rotatable bonds is 5. The number of aromatic nitrogens is 1. The van der Waals surface area contributed by atoms with Crippen molar-refractivity contribution in [2.24, 2.45) is 0 Å². The summed E-state index contributed by atoms with van der Waals surface area (Å²) < 4.78 is 0. The summed E-state index contributed by atoms with van der Waals surface area (Å²) in [5.41, 5.74) is 4.02. The Morgan fingerprint density at radius 2 is 2.14 bits per heavy atom. The third-order valence-corrected chi connectivity index (χ3v) is 4.09. The monoisotopic (exact) mass is 303 g/mol. The molecule has 0 fully saturated rings. The van der Waals surface area contributed by atoms with E-state index in [4.69, 9.17) is 0 Å². The van der Waals surface area contributed by atoms with Crippen molar-refractivity contribution in [2.75, 3.05) is 10.6 Å². The molecule has 4 nitrogen and oxygen atoms in total. The van der Waals surface area contributed by atoms with Crippen molar-refractivity contribution < 1.29 is 4.79 Å². The van der Waals surface area contributed by atoms with Gasteiger partial charge in [0.15, 0.2) is 0 Å². The third-order valence-electron chi connectivity index (χ3n) is 3.29. The second kappa shape index (κ2) is 6.72. The Kier molecular flexibility index (Phi) is 4.96. The minimum atomic E-state index is 0.0213. The highest BCUT2D eigenvalue weighted by Gasteiger charge is 2.11. The number of carbonyl (C=O) groups is 1. The molecule has 0 bridgehead atoms. The van der Waals surface area contributed by atoms with Crippen LogP contribution in [0.4, 0.5) is 11.4 Å². The Bertz CT molecular complexity index is 636. The Morgan fingerprint density at radius 3 is 2.76 bits per heavy atom. The van der Waals surface area contributed by atoms with Crippen LogP contribution >= 0.6 is 11.3 Å². The van der Waals surface area contributed by atoms with Gasteiger partial charge >= 0.3 is 0 Å². The first-order valence-electron chi connectivity index (χ1n) is 7.08. The van der Waals surface area contributed by atoms with Gasteiger partial charge in [0.25, 0.3) is 0 Å². The molecule has 112 valence electrons. The van der Waals surface area contributed by atoms with E-state index in [9.17, 15) is 4.79 Å². The van der Waals surface area contributed by atoms with E-state index < -0.39 is 0 Å². The van der Waals surface area contributed by atoms with Crippen molar-refractivity contribution in [3.8, 4) is 0 Å². The molecule has 5 heteroatoms. The maximum absolute atomic E-state index is 11.5. The molecule has 1 heterocycles. The van der Waals surface area contributed by atoms with Crippen LogP contribution in [0.25, 0.3) is 0 Å². The Balaban J connectivity index is 2.15. The molecule has 2 N–H and O–H groups in total. The number of thiazole rings is 1. The molecule has 0 spiro atoms. The van der Waals surface area contributed by atoms with E-state index in [-0.39, 0.29) is 11.9 Å². The van der Waals surface area contributed by atoms with Crippen molar-refractivity contribution >= 4 is 28.6 Å². The highest BCUT2D eigenvalue weighted by molar-refractivity contribution is 7.09. The lowest BCUT2D eigenvalue weighted by atomic mass is 10.1. The highest BCUT2D eigenvalue weighted by Crippen LogP contribution is 2.26. The smallest absolute Gasteiger partial charge is 0.224 e. The number of nitrogens with zero attached hydrogens (tertiary/aromatic N) is 1. The van der Waals surface area contributed by atoms with E-state index in [1.54, 1.807) is 11.3 Å². The van der Waals surface area contributed by atoms with Gasteiger partial charge in [-0.15, -0.1) is 11.3 Å². The van der Waals surface area contributed by atoms with Gasteiger partial charge in [-0.3, -0.25) is 4.79 Å². The zero-order valence-corrected chi connectivity index (χ0v) is 13.7. The SMILES string of the molecule is CCC(=O)Nc1ccc(C)c(NC(C)c2csc(C)n2)c1. The fraction of sp³-hybridized carbons (Fsp3) is 0.375. The molecule has 2 aromatic rings. The predicted molar refractivity (Wildman–Crippen MR) is 89.0 cm³/mol. The molecule has 0 aliphatic rings. The standard InChI is InChI=1S/C16H21N3OS/c1-5-16(20)19-13-7-6-10(2)14(8-13)17-11(3)15-9-21-12(4)18-15/h6-9,11,17H,5H2,1-4H3,(H,19,20). The lowest BCUT2D eigenvalue weighted by molar-refractivity contribution is -0.115. The van der Waals surface area contributed by atoms with Gasteiger partial charge in [0.2, 0.25) is 5.91 Å². The zero-order chi connectivity index (χ0) is 15.4. The van der Waals surface area contributed by atoms with E-state index >= 15 is 0 Å². The fourth-order valence-electron chi connectivity index (χ4n) is 1.99. The zero-order valence-electron chi connectivity index (χ0n) is 12.9. The van der Waals surface area contributed by atoms with Crippen LogP contribution in [-0.2, 0) is 4.79 Å². The van der Waals surface area contributed by atoms with Crippen molar-refractivity contribution in [3.63, 3.8) is 0 Å². The average Bonchev–Trinajstić information content (AvgIpc) is 2.89. The van der Waals surface area contributed by atoms with Gasteiger partial charge in [-0.2, -0.15) is 0 Å². The molecular formula is C16H21N3OS. The largest absolute Gasteiger partial charge is 0.377 e. The van der Waals surface area contributed by atoms with Crippen LogP contribution < -0.4 is 10.6 Å². The van der Waals surface area contributed by atoms with Gasteiger partial charge in [-0.05, 0) is 38.5 Å². The number of nitrogens with one attached hydrogen (secondary N) is 2. The Labute approximate surface area is 129 Å². The third kappa shape index (κ3) is 4.04. The first kappa shape index (κ1) is 15.5. The first-order valence-corrected chi connectivity index (χ1v) is 7.96. The summed E-state index contributed by atoms with van der Waals surface area (Å²) in [5.74, 6) is 0.0213. The van der Waals surface area contributed by atoms with E-state index in [0.717, 1.165) is 27.6 Å². The van der Waals surface area contributed by atoms with Crippen molar-refractivity contribution in [2.45, 2.75) is 40.2 Å². The summed E-state index contributed by atoms with van der Waals surface area (Å²) in [6.07, 6.45) is 0.477. The summed E-state index contributed by atoms with van der Waals surface area (Å²) in [6, 6.07) is 6.03. The minimum Gasteiger partial charge on any atom is -0.377 e. The van der Waals surface area contributed by atoms with Gasteiger partial charge in [-0.25, -0.2) is 4.98 Å². The number of benzene rings is 1. The molecule has 1 aromatic heterocycles. The maximum atomic E-state index is 11.5. The Hall–Kier alpha value is -1.88. The number of hydrogen-bond acceptors (Lipinski definition) is 4. The molecule has 2 rings (SSSR count). The number of aryl methyl sites for hydroxylation is 2. The number of anilines is 2. The van der Waals surface area contributed by atoms with Crippen LogP contribution in [0.3, 0.4) is 0 Å². The predicted octanol–water partition coefficient (Wildman–Crippen LogP) is 4.28. The first-order chi connectivity index (χ1) is 9.99. The number of amides is 1. The molecule has 0 saturated heterocycles. The molecule has 21 heavy (non-hydrogen) atoms. The van der Waals surface area contributed by atoms with E-state index in [2.05, 4.69) is 27.9 Å². The second-order valence-electron chi connectivity index (χ2n) is 5.09. The maximum Gasteiger partial charge on any atom is 0.224 e. The molecule has 0 aliphatic carbocycles. The quantitative estimate of drug-likeness (QED) is 0.866. The van der Waals surface area contributed by atoms with Crippen LogP contribution in [0.2, 0.25) is 0 Å². The van der Waals surface area contributed by atoms with Crippen LogP contribution in [-0.4, -0.2) is 10.9 Å². The second-order valence-corrected chi connectivity index (χ2v) is 6.15. The molecule has 1 atom stereocenters.